The molecule has 2 unspecified atom stereocenters. The van der Waals surface area contributed by atoms with Crippen LogP contribution in [0.3, 0.4) is 0 Å². The van der Waals surface area contributed by atoms with Crippen LogP contribution < -0.4 is 10.6 Å². The molecule has 0 spiro atoms. The fourth-order valence-corrected chi connectivity index (χ4v) is 2.36. The van der Waals surface area contributed by atoms with Gasteiger partial charge in [0.2, 0.25) is 5.91 Å². The molecule has 0 radical (unpaired) electrons. The van der Waals surface area contributed by atoms with Crippen molar-refractivity contribution in [3.05, 3.63) is 53.4 Å². The summed E-state index contributed by atoms with van der Waals surface area (Å²) in [6.07, 6.45) is 1.80. The highest BCUT2D eigenvalue weighted by molar-refractivity contribution is 6.30. The summed E-state index contributed by atoms with van der Waals surface area (Å²) in [6.45, 7) is 3.83. The number of anilines is 1. The van der Waals surface area contributed by atoms with Crippen LogP contribution in [-0.4, -0.2) is 23.6 Å². The van der Waals surface area contributed by atoms with Crippen LogP contribution in [0.5, 0.6) is 0 Å². The quantitative estimate of drug-likeness (QED) is 0.726. The maximum atomic E-state index is 12.0. The van der Waals surface area contributed by atoms with Gasteiger partial charge in [0.25, 0.3) is 0 Å². The zero-order valence-electron chi connectivity index (χ0n) is 13.2. The Morgan fingerprint density at radius 3 is 2.83 bits per heavy atom. The number of halogens is 1. The predicted octanol–water partition coefficient (Wildman–Crippen LogP) is 3.15. The van der Waals surface area contributed by atoms with Gasteiger partial charge in [0.15, 0.2) is 0 Å². The van der Waals surface area contributed by atoms with Crippen LogP contribution in [0.2, 0.25) is 5.02 Å². The fourth-order valence-electron chi connectivity index (χ4n) is 2.17. The summed E-state index contributed by atoms with van der Waals surface area (Å²) in [5.74, 6) is 0.366. The second-order valence-electron chi connectivity index (χ2n) is 5.80. The van der Waals surface area contributed by atoms with Gasteiger partial charge in [-0.2, -0.15) is 0 Å². The number of carbonyl (C=O) groups is 1. The number of rotatable bonds is 7. The van der Waals surface area contributed by atoms with Crippen LogP contribution in [0, 0.1) is 0 Å². The lowest BCUT2D eigenvalue weighted by molar-refractivity contribution is -0.116. The number of hydrogen-bond donors (Lipinski definition) is 3. The lowest BCUT2D eigenvalue weighted by atomic mass is 10.0. The molecule has 1 amide bonds. The Labute approximate surface area is 140 Å². The van der Waals surface area contributed by atoms with Gasteiger partial charge in [-0.1, -0.05) is 17.7 Å². The summed E-state index contributed by atoms with van der Waals surface area (Å²) >= 11 is 5.88. The van der Waals surface area contributed by atoms with E-state index in [2.05, 4.69) is 10.6 Å². The predicted molar refractivity (Wildman–Crippen MR) is 90.4 cm³/mol. The second-order valence-corrected chi connectivity index (χ2v) is 6.23. The number of furan rings is 1. The summed E-state index contributed by atoms with van der Waals surface area (Å²) < 4.78 is 5.22. The van der Waals surface area contributed by atoms with Crippen LogP contribution in [0.25, 0.3) is 0 Å². The van der Waals surface area contributed by atoms with Crippen molar-refractivity contribution in [1.29, 1.82) is 0 Å². The van der Waals surface area contributed by atoms with Crippen molar-refractivity contribution >= 4 is 23.2 Å². The van der Waals surface area contributed by atoms with Crippen molar-refractivity contribution in [2.24, 2.45) is 0 Å². The van der Waals surface area contributed by atoms with E-state index in [1.165, 1.54) is 6.26 Å². The Morgan fingerprint density at radius 2 is 2.17 bits per heavy atom. The minimum atomic E-state index is -1.12. The molecule has 0 aliphatic heterocycles. The van der Waals surface area contributed by atoms with Crippen molar-refractivity contribution < 1.29 is 14.3 Å². The van der Waals surface area contributed by atoms with E-state index in [0.717, 1.165) is 0 Å². The molecule has 23 heavy (non-hydrogen) atoms. The first-order chi connectivity index (χ1) is 10.9. The highest BCUT2D eigenvalue weighted by Gasteiger charge is 2.26. The first-order valence-electron chi connectivity index (χ1n) is 7.42. The van der Waals surface area contributed by atoms with Gasteiger partial charge in [-0.25, -0.2) is 0 Å². The van der Waals surface area contributed by atoms with E-state index in [9.17, 15) is 9.90 Å². The second kappa shape index (κ2) is 7.64. The number of amides is 1. The van der Waals surface area contributed by atoms with Gasteiger partial charge in [-0.05, 0) is 44.2 Å². The number of aliphatic hydroxyl groups is 1. The first-order valence-corrected chi connectivity index (χ1v) is 7.80. The summed E-state index contributed by atoms with van der Waals surface area (Å²) in [6, 6.07) is 10.3. The van der Waals surface area contributed by atoms with Gasteiger partial charge in [0.1, 0.15) is 11.4 Å². The molecule has 0 bridgehead atoms. The largest absolute Gasteiger partial charge is 0.466 e. The Hall–Kier alpha value is -1.82. The van der Waals surface area contributed by atoms with E-state index < -0.39 is 5.60 Å². The average molecular weight is 337 g/mol. The van der Waals surface area contributed by atoms with Gasteiger partial charge in [0.05, 0.1) is 6.26 Å². The minimum absolute atomic E-state index is 0.101. The zero-order valence-corrected chi connectivity index (χ0v) is 13.9. The van der Waals surface area contributed by atoms with Crippen LogP contribution in [-0.2, 0) is 10.4 Å². The van der Waals surface area contributed by atoms with E-state index >= 15 is 0 Å². The molecule has 124 valence electrons. The molecule has 1 aromatic heterocycles. The van der Waals surface area contributed by atoms with Crippen molar-refractivity contribution in [2.45, 2.75) is 31.9 Å². The molecule has 6 heteroatoms. The number of benzene rings is 1. The van der Waals surface area contributed by atoms with Gasteiger partial charge >= 0.3 is 0 Å². The number of hydrogen-bond acceptors (Lipinski definition) is 4. The smallest absolute Gasteiger partial charge is 0.225 e. The average Bonchev–Trinajstić information content (AvgIpc) is 3.00. The van der Waals surface area contributed by atoms with Gasteiger partial charge in [-0.3, -0.25) is 4.79 Å². The molecular formula is C17H21ClN2O3. The molecule has 0 aliphatic carbocycles. The summed E-state index contributed by atoms with van der Waals surface area (Å²) in [7, 11) is 0. The number of carbonyl (C=O) groups excluding carboxylic acids is 1. The lowest BCUT2D eigenvalue weighted by Crippen LogP contribution is -2.40. The molecule has 1 heterocycles. The fraction of sp³-hybridized carbons (Fsp3) is 0.353. The van der Waals surface area contributed by atoms with Gasteiger partial charge in [-0.15, -0.1) is 0 Å². The summed E-state index contributed by atoms with van der Waals surface area (Å²) in [4.78, 5) is 12.0. The third kappa shape index (κ3) is 5.39. The SMILES string of the molecule is CC(CC(=O)Nc1cccc(Cl)c1)NCC(C)(O)c1ccco1. The molecule has 1 aromatic carbocycles. The van der Waals surface area contributed by atoms with E-state index in [4.69, 9.17) is 16.0 Å². The molecule has 0 saturated heterocycles. The molecule has 0 fully saturated rings. The lowest BCUT2D eigenvalue weighted by Gasteiger charge is -2.24. The molecule has 2 aromatic rings. The Morgan fingerprint density at radius 1 is 1.39 bits per heavy atom. The van der Waals surface area contributed by atoms with E-state index in [1.807, 2.05) is 6.92 Å². The highest BCUT2D eigenvalue weighted by Crippen LogP contribution is 2.20. The topological polar surface area (TPSA) is 74.5 Å². The standard InChI is InChI=1S/C17H21ClN2O3/c1-12(19-11-17(2,22)15-7-4-8-23-15)9-16(21)20-14-6-3-5-13(18)10-14/h3-8,10,12,19,22H,9,11H2,1-2H3,(H,20,21). The maximum absolute atomic E-state index is 12.0. The molecule has 0 aliphatic rings. The van der Waals surface area contributed by atoms with E-state index in [0.29, 0.717) is 16.5 Å². The molecule has 2 atom stereocenters. The molecule has 2 rings (SSSR count). The highest BCUT2D eigenvalue weighted by atomic mass is 35.5. The third-order valence-corrected chi connectivity index (χ3v) is 3.68. The normalized spacial score (nSPS) is 15.0. The number of nitrogens with one attached hydrogen (secondary N) is 2. The first kappa shape index (κ1) is 17.5. The minimum Gasteiger partial charge on any atom is -0.466 e. The molecule has 3 N–H and O–H groups in total. The van der Waals surface area contributed by atoms with E-state index in [-0.39, 0.29) is 24.9 Å². The Bertz CT molecular complexity index is 641. The van der Waals surface area contributed by atoms with Crippen molar-refractivity contribution in [3.63, 3.8) is 0 Å². The maximum Gasteiger partial charge on any atom is 0.225 e. The third-order valence-electron chi connectivity index (χ3n) is 3.45. The van der Waals surface area contributed by atoms with Crippen molar-refractivity contribution in [2.75, 3.05) is 11.9 Å². The molecular weight excluding hydrogens is 316 g/mol. The Kier molecular flexibility index (Phi) is 5.82. The molecule has 0 saturated carbocycles. The van der Waals surface area contributed by atoms with Crippen molar-refractivity contribution in [3.8, 4) is 0 Å². The van der Waals surface area contributed by atoms with E-state index in [1.54, 1.807) is 43.3 Å². The molecule has 5 nitrogen and oxygen atoms in total. The Balaban J connectivity index is 1.80. The zero-order chi connectivity index (χ0) is 16.9. The monoisotopic (exact) mass is 336 g/mol. The van der Waals surface area contributed by atoms with Crippen LogP contribution in [0.1, 0.15) is 26.0 Å². The van der Waals surface area contributed by atoms with Crippen LogP contribution in [0.4, 0.5) is 5.69 Å². The van der Waals surface area contributed by atoms with Crippen molar-refractivity contribution in [1.82, 2.24) is 5.32 Å². The summed E-state index contributed by atoms with van der Waals surface area (Å²) in [5, 5.41) is 16.9. The van der Waals surface area contributed by atoms with Crippen LogP contribution in [0.15, 0.2) is 47.1 Å². The summed E-state index contributed by atoms with van der Waals surface area (Å²) in [5.41, 5.74) is -0.460. The van der Waals surface area contributed by atoms with Crippen LogP contribution >= 0.6 is 11.6 Å². The van der Waals surface area contributed by atoms with Gasteiger partial charge in [0, 0.05) is 29.7 Å². The van der Waals surface area contributed by atoms with Gasteiger partial charge < -0.3 is 20.2 Å².